The van der Waals surface area contributed by atoms with E-state index in [1.807, 2.05) is 15.5 Å². The number of anilines is 1. The summed E-state index contributed by atoms with van der Waals surface area (Å²) in [7, 11) is 2.63. The molecule has 0 saturated carbocycles. The number of aliphatic hydroxyl groups is 1. The molecular formula is C24H28N6O4. The smallest absolute Gasteiger partial charge is 0.258 e. The van der Waals surface area contributed by atoms with Crippen LogP contribution in [0.25, 0.3) is 11.2 Å². The number of aliphatic hydroxyl groups excluding tert-OH is 1. The van der Waals surface area contributed by atoms with E-state index >= 15 is 0 Å². The summed E-state index contributed by atoms with van der Waals surface area (Å²) in [4.78, 5) is 36.4. The van der Waals surface area contributed by atoms with Gasteiger partial charge in [0.05, 0.1) is 17.2 Å². The van der Waals surface area contributed by atoms with E-state index in [0.717, 1.165) is 33.0 Å². The Hall–Kier alpha value is -3.81. The Labute approximate surface area is 197 Å². The number of nitrogens with one attached hydrogen (secondary N) is 1. The van der Waals surface area contributed by atoms with Gasteiger partial charge in [-0.15, -0.1) is 0 Å². The second kappa shape index (κ2) is 11.9. The van der Waals surface area contributed by atoms with Gasteiger partial charge >= 0.3 is 0 Å². The molecule has 0 spiro atoms. The number of aromatic nitrogens is 3. The minimum atomic E-state index is -0.376. The van der Waals surface area contributed by atoms with E-state index in [2.05, 4.69) is 15.3 Å². The number of nitriles is 1. The minimum absolute atomic E-state index is 0.0512. The van der Waals surface area contributed by atoms with Crippen molar-refractivity contribution in [3.63, 3.8) is 0 Å². The summed E-state index contributed by atoms with van der Waals surface area (Å²) < 4.78 is 6.96. The lowest BCUT2D eigenvalue weighted by molar-refractivity contribution is 0.0792. The lowest BCUT2D eigenvalue weighted by Gasteiger charge is -2.14. The number of aryl methyl sites for hydroxylation is 1. The summed E-state index contributed by atoms with van der Waals surface area (Å²) in [6.45, 7) is 2.59. The van der Waals surface area contributed by atoms with Crippen molar-refractivity contribution < 1.29 is 19.4 Å². The molecule has 10 heteroatoms. The molecule has 3 heterocycles. The number of benzene rings is 1. The first-order valence-electron chi connectivity index (χ1n) is 11.0. The predicted molar refractivity (Wildman–Crippen MR) is 126 cm³/mol. The number of amides is 2. The fourth-order valence-electron chi connectivity index (χ4n) is 3.81. The van der Waals surface area contributed by atoms with Gasteiger partial charge in [-0.1, -0.05) is 6.07 Å². The summed E-state index contributed by atoms with van der Waals surface area (Å²) in [6, 6.07) is 10.2. The van der Waals surface area contributed by atoms with Gasteiger partial charge in [-0.05, 0) is 43.5 Å². The van der Waals surface area contributed by atoms with Gasteiger partial charge in [0.15, 0.2) is 5.65 Å². The summed E-state index contributed by atoms with van der Waals surface area (Å²) in [5, 5.41) is 18.9. The number of fused-ring (bicyclic) bond motifs is 1. The van der Waals surface area contributed by atoms with Crippen molar-refractivity contribution in [1.82, 2.24) is 19.4 Å². The van der Waals surface area contributed by atoms with Crippen LogP contribution in [0.1, 0.15) is 45.5 Å². The number of nitrogens with zero attached hydrogens (tertiary/aromatic N) is 5. The molecule has 0 atom stereocenters. The lowest BCUT2D eigenvalue weighted by Crippen LogP contribution is -2.27. The van der Waals surface area contributed by atoms with Crippen LogP contribution in [0.5, 0.6) is 0 Å². The van der Waals surface area contributed by atoms with Crippen molar-refractivity contribution in [2.45, 2.75) is 25.8 Å². The van der Waals surface area contributed by atoms with Crippen LogP contribution in [0, 0.1) is 11.3 Å². The molecule has 0 unspecified atom stereocenters. The zero-order chi connectivity index (χ0) is 24.5. The maximum absolute atomic E-state index is 12.8. The molecule has 0 radical (unpaired) electrons. The van der Waals surface area contributed by atoms with Crippen LogP contribution in [-0.2, 0) is 11.3 Å². The van der Waals surface area contributed by atoms with E-state index in [-0.39, 0.29) is 11.8 Å². The number of carbonyl (C=O) groups excluding carboxylic acids is 2. The molecule has 3 aromatic rings. The van der Waals surface area contributed by atoms with E-state index in [4.69, 9.17) is 15.1 Å². The Bertz CT molecular complexity index is 1190. The minimum Gasteiger partial charge on any atom is -0.400 e. The Morgan fingerprint density at radius 1 is 1.21 bits per heavy atom. The number of carbonyl (C=O) groups is 2. The van der Waals surface area contributed by atoms with Crippen LogP contribution in [0.2, 0.25) is 0 Å². The highest BCUT2D eigenvalue weighted by molar-refractivity contribution is 6.04. The fraction of sp³-hybridized carbons (Fsp3) is 0.375. The van der Waals surface area contributed by atoms with Gasteiger partial charge in [0.25, 0.3) is 11.8 Å². The molecule has 1 aliphatic heterocycles. The van der Waals surface area contributed by atoms with Crippen molar-refractivity contribution in [2.75, 3.05) is 39.2 Å². The number of hydrogen-bond acceptors (Lipinski definition) is 7. The standard InChI is InChI=1S/C23H24N6O3.CH4O/c1-32-11-5-10-29-20-19(13-18(15-25-20)22(31)28-8-2-3-9-28)26-23(29)27-21(30)17-7-4-6-16(12-17)14-24;1-2/h4,6-7,12-13,15H,2-3,5,8-11H2,1H3,(H,26,27,30);2H,1H3. The SMILES string of the molecule is CO.COCCCn1c(NC(=O)c2cccc(C#N)c2)nc2cc(C(=O)N3CCCC3)cnc21. The van der Waals surface area contributed by atoms with Gasteiger partial charge in [0, 0.05) is 52.2 Å². The van der Waals surface area contributed by atoms with Crippen molar-refractivity contribution in [3.05, 3.63) is 53.2 Å². The third kappa shape index (κ3) is 5.57. The number of methoxy groups -OCH3 is 1. The molecule has 178 valence electrons. The maximum atomic E-state index is 12.8. The number of ether oxygens (including phenoxy) is 1. The van der Waals surface area contributed by atoms with Crippen molar-refractivity contribution >= 4 is 28.9 Å². The highest BCUT2D eigenvalue weighted by Gasteiger charge is 2.22. The van der Waals surface area contributed by atoms with E-state index in [1.54, 1.807) is 37.6 Å². The molecule has 2 amide bonds. The van der Waals surface area contributed by atoms with Gasteiger partial charge in [0.2, 0.25) is 5.95 Å². The molecule has 10 nitrogen and oxygen atoms in total. The van der Waals surface area contributed by atoms with Crippen LogP contribution in [0.3, 0.4) is 0 Å². The third-order valence-corrected chi connectivity index (χ3v) is 5.43. The first-order valence-corrected chi connectivity index (χ1v) is 11.0. The zero-order valence-electron chi connectivity index (χ0n) is 19.3. The average Bonchev–Trinajstić information content (AvgIpc) is 3.53. The fourth-order valence-corrected chi connectivity index (χ4v) is 3.81. The molecule has 1 saturated heterocycles. The van der Waals surface area contributed by atoms with Gasteiger partial charge in [-0.25, -0.2) is 9.97 Å². The summed E-state index contributed by atoms with van der Waals surface area (Å²) in [5.41, 5.74) is 2.37. The zero-order valence-corrected chi connectivity index (χ0v) is 19.3. The molecule has 1 fully saturated rings. The van der Waals surface area contributed by atoms with Gasteiger partial charge in [-0.3, -0.25) is 19.5 Å². The molecule has 34 heavy (non-hydrogen) atoms. The van der Waals surface area contributed by atoms with Gasteiger partial charge in [0.1, 0.15) is 5.52 Å². The number of imidazole rings is 1. The van der Waals surface area contributed by atoms with E-state index in [9.17, 15) is 9.59 Å². The average molecular weight is 465 g/mol. The highest BCUT2D eigenvalue weighted by atomic mass is 16.5. The summed E-state index contributed by atoms with van der Waals surface area (Å²) in [5.74, 6) is -0.0924. The van der Waals surface area contributed by atoms with Gasteiger partial charge in [-0.2, -0.15) is 5.26 Å². The summed E-state index contributed by atoms with van der Waals surface area (Å²) in [6.07, 6.45) is 4.29. The highest BCUT2D eigenvalue weighted by Crippen LogP contribution is 2.22. The van der Waals surface area contributed by atoms with Crippen LogP contribution >= 0.6 is 0 Å². The third-order valence-electron chi connectivity index (χ3n) is 5.43. The first kappa shape index (κ1) is 24.8. The Morgan fingerprint density at radius 3 is 2.68 bits per heavy atom. The molecule has 0 bridgehead atoms. The lowest BCUT2D eigenvalue weighted by atomic mass is 10.1. The molecule has 4 rings (SSSR count). The predicted octanol–water partition coefficient (Wildman–Crippen LogP) is 2.44. The Morgan fingerprint density at radius 2 is 1.97 bits per heavy atom. The van der Waals surface area contributed by atoms with Crippen LogP contribution < -0.4 is 5.32 Å². The van der Waals surface area contributed by atoms with Crippen LogP contribution in [0.4, 0.5) is 5.95 Å². The number of hydrogen-bond donors (Lipinski definition) is 2. The largest absolute Gasteiger partial charge is 0.400 e. The molecular weight excluding hydrogens is 436 g/mol. The number of pyridine rings is 1. The van der Waals surface area contributed by atoms with E-state index < -0.39 is 0 Å². The van der Waals surface area contributed by atoms with Crippen molar-refractivity contribution in [2.24, 2.45) is 0 Å². The van der Waals surface area contributed by atoms with Crippen molar-refractivity contribution in [3.8, 4) is 6.07 Å². The van der Waals surface area contributed by atoms with E-state index in [0.29, 0.717) is 53.4 Å². The first-order chi connectivity index (χ1) is 16.6. The number of rotatable bonds is 7. The molecule has 1 aromatic carbocycles. The number of likely N-dealkylation sites (tertiary alicyclic amines) is 1. The quantitative estimate of drug-likeness (QED) is 0.513. The van der Waals surface area contributed by atoms with Crippen LogP contribution in [-0.4, -0.2) is 70.3 Å². The van der Waals surface area contributed by atoms with Crippen LogP contribution in [0.15, 0.2) is 36.5 Å². The normalized spacial score (nSPS) is 12.7. The monoisotopic (exact) mass is 464 g/mol. The second-order valence-electron chi connectivity index (χ2n) is 7.65. The summed E-state index contributed by atoms with van der Waals surface area (Å²) >= 11 is 0. The Kier molecular flexibility index (Phi) is 8.67. The molecule has 0 aliphatic carbocycles. The molecule has 1 aliphatic rings. The van der Waals surface area contributed by atoms with E-state index in [1.165, 1.54) is 6.07 Å². The topological polar surface area (TPSA) is 133 Å². The maximum Gasteiger partial charge on any atom is 0.258 e. The molecule has 2 aromatic heterocycles. The van der Waals surface area contributed by atoms with Crippen molar-refractivity contribution in [1.29, 1.82) is 5.26 Å². The second-order valence-corrected chi connectivity index (χ2v) is 7.65. The molecule has 2 N–H and O–H groups in total. The van der Waals surface area contributed by atoms with Gasteiger partial charge < -0.3 is 14.7 Å². The Balaban J connectivity index is 0.00000158.